The Bertz CT molecular complexity index is 1060. The number of fused-ring (bicyclic) bond motifs is 1. The van der Waals surface area contributed by atoms with Crippen molar-refractivity contribution in [1.82, 2.24) is 4.90 Å². The summed E-state index contributed by atoms with van der Waals surface area (Å²) >= 11 is 0. The third kappa shape index (κ3) is 2.17. The number of aliphatic hydroxyl groups is 1. The molecule has 2 unspecified atom stereocenters. The van der Waals surface area contributed by atoms with Crippen molar-refractivity contribution in [3.8, 4) is 11.5 Å². The summed E-state index contributed by atoms with van der Waals surface area (Å²) in [6, 6.07) is 3.41. The summed E-state index contributed by atoms with van der Waals surface area (Å²) in [6.07, 6.45) is 6.15. The molecule has 1 aromatic rings. The van der Waals surface area contributed by atoms with Gasteiger partial charge in [-0.3, -0.25) is 4.90 Å². The molecule has 0 amide bonds. The summed E-state index contributed by atoms with van der Waals surface area (Å²) in [4.78, 5) is 2.21. The largest absolute Gasteiger partial charge is 0.479 e. The van der Waals surface area contributed by atoms with Crippen LogP contribution in [0.25, 0.3) is 0 Å². The first kappa shape index (κ1) is 19.1. The predicted molar refractivity (Wildman–Crippen MR) is 106 cm³/mol. The summed E-state index contributed by atoms with van der Waals surface area (Å²) in [5.41, 5.74) is -0.141. The Balaban J connectivity index is 1.66. The van der Waals surface area contributed by atoms with Crippen LogP contribution < -0.4 is 8.92 Å². The van der Waals surface area contributed by atoms with Crippen molar-refractivity contribution in [1.29, 1.82) is 0 Å². The zero-order valence-electron chi connectivity index (χ0n) is 17.0. The number of hydrogen-bond acceptors (Lipinski definition) is 8. The normalized spacial score (nSPS) is 38.2. The molecule has 2 spiro atoms. The van der Waals surface area contributed by atoms with E-state index in [9.17, 15) is 13.5 Å². The van der Waals surface area contributed by atoms with Gasteiger partial charge in [0.25, 0.3) is 0 Å². The average molecular weight is 435 g/mol. The van der Waals surface area contributed by atoms with Gasteiger partial charge in [0.05, 0.1) is 24.9 Å². The lowest BCUT2D eigenvalue weighted by molar-refractivity contribution is -0.225. The molecule has 0 radical (unpaired) electrons. The van der Waals surface area contributed by atoms with E-state index in [2.05, 4.69) is 4.90 Å². The molecule has 162 valence electrons. The minimum Gasteiger partial charge on any atom is -0.479 e. The van der Waals surface area contributed by atoms with E-state index in [0.29, 0.717) is 31.8 Å². The molecular formula is C21H25NO7S. The molecule has 2 saturated heterocycles. The topological polar surface area (TPSA) is 94.5 Å². The molecule has 3 aliphatic heterocycles. The first-order chi connectivity index (χ1) is 14.2. The van der Waals surface area contributed by atoms with E-state index in [0.717, 1.165) is 30.3 Å². The van der Waals surface area contributed by atoms with Gasteiger partial charge in [-0.2, -0.15) is 8.42 Å². The molecule has 4 atom stereocenters. The van der Waals surface area contributed by atoms with Gasteiger partial charge in [-0.05, 0) is 56.6 Å². The molecule has 2 aliphatic carbocycles. The fraction of sp³-hybridized carbons (Fsp3) is 0.619. The molecule has 6 rings (SSSR count). The van der Waals surface area contributed by atoms with Crippen LogP contribution in [-0.4, -0.2) is 75.0 Å². The summed E-state index contributed by atoms with van der Waals surface area (Å²) in [7, 11) is -1.71. The Morgan fingerprint density at radius 2 is 2.00 bits per heavy atom. The second-order valence-corrected chi connectivity index (χ2v) is 10.6. The molecule has 9 heteroatoms. The minimum absolute atomic E-state index is 0.138. The molecule has 0 aromatic heterocycles. The summed E-state index contributed by atoms with van der Waals surface area (Å²) < 4.78 is 47.7. The second kappa shape index (κ2) is 5.77. The van der Waals surface area contributed by atoms with Crippen molar-refractivity contribution in [3.63, 3.8) is 0 Å². The van der Waals surface area contributed by atoms with Crippen molar-refractivity contribution in [3.05, 3.63) is 35.4 Å². The number of likely N-dealkylation sites (tertiary alicyclic amines) is 1. The Labute approximate surface area is 175 Å². The van der Waals surface area contributed by atoms with E-state index >= 15 is 0 Å². The number of hydrogen-bond donors (Lipinski definition) is 1. The van der Waals surface area contributed by atoms with Crippen LogP contribution in [-0.2, 0) is 31.4 Å². The van der Waals surface area contributed by atoms with Crippen LogP contribution in [0, 0.1) is 0 Å². The minimum atomic E-state index is -3.75. The fourth-order valence-electron chi connectivity index (χ4n) is 6.45. The molecule has 2 bridgehead atoms. The van der Waals surface area contributed by atoms with Gasteiger partial charge < -0.3 is 23.5 Å². The SMILES string of the molecule is CN1CCC[C@]23c4c5ccc(OS(C)(=O)=O)c4OC2C2(C=CC3(O)[C@H]1C5)OCCO2. The van der Waals surface area contributed by atoms with Gasteiger partial charge in [0, 0.05) is 11.6 Å². The Morgan fingerprint density at radius 3 is 2.73 bits per heavy atom. The fourth-order valence-corrected chi connectivity index (χ4v) is 6.91. The van der Waals surface area contributed by atoms with Gasteiger partial charge in [0.15, 0.2) is 17.6 Å². The van der Waals surface area contributed by atoms with E-state index in [1.165, 1.54) is 0 Å². The van der Waals surface area contributed by atoms with Gasteiger partial charge in [0.2, 0.25) is 5.79 Å². The van der Waals surface area contributed by atoms with Crippen molar-refractivity contribution < 1.29 is 31.9 Å². The Kier molecular flexibility index (Phi) is 3.67. The van der Waals surface area contributed by atoms with Crippen molar-refractivity contribution in [2.75, 3.05) is 33.1 Å². The number of ether oxygens (including phenoxy) is 3. The van der Waals surface area contributed by atoms with Crippen molar-refractivity contribution >= 4 is 10.1 Å². The highest BCUT2D eigenvalue weighted by Gasteiger charge is 2.74. The van der Waals surface area contributed by atoms with Crippen LogP contribution in [0.5, 0.6) is 11.5 Å². The lowest BCUT2D eigenvalue weighted by Crippen LogP contribution is -2.73. The maximum absolute atomic E-state index is 12.3. The van der Waals surface area contributed by atoms with Crippen LogP contribution in [0.1, 0.15) is 24.0 Å². The second-order valence-electron chi connectivity index (χ2n) is 9.06. The zero-order valence-corrected chi connectivity index (χ0v) is 17.8. The van der Waals surface area contributed by atoms with E-state index in [-0.39, 0.29) is 11.8 Å². The van der Waals surface area contributed by atoms with Gasteiger partial charge >= 0.3 is 10.1 Å². The first-order valence-electron chi connectivity index (χ1n) is 10.3. The number of likely N-dealkylation sites (N-methyl/N-ethyl adjacent to an activating group) is 1. The highest BCUT2D eigenvalue weighted by Crippen LogP contribution is 2.66. The van der Waals surface area contributed by atoms with Crippen LogP contribution in [0.3, 0.4) is 0 Å². The smallest absolute Gasteiger partial charge is 0.306 e. The van der Waals surface area contributed by atoms with Crippen LogP contribution in [0.4, 0.5) is 0 Å². The Hall–Kier alpha value is -1.65. The highest BCUT2D eigenvalue weighted by atomic mass is 32.2. The zero-order chi connectivity index (χ0) is 20.9. The summed E-state index contributed by atoms with van der Waals surface area (Å²) in [5.74, 6) is -0.589. The van der Waals surface area contributed by atoms with E-state index in [4.69, 9.17) is 18.4 Å². The average Bonchev–Trinajstić information content (AvgIpc) is 3.27. The highest BCUT2D eigenvalue weighted by molar-refractivity contribution is 7.86. The molecular weight excluding hydrogens is 410 g/mol. The molecule has 2 fully saturated rings. The third-order valence-electron chi connectivity index (χ3n) is 7.50. The number of nitrogens with zero attached hydrogens (tertiary/aromatic N) is 1. The summed E-state index contributed by atoms with van der Waals surface area (Å²) in [6.45, 7) is 1.70. The standard InChI is InChI=1S/C21H25NO7S/c1-22-9-3-6-19-16-13-4-5-14(29-30(2,24)25)17(16)28-18(19)21(26-10-11-27-21)8-7-20(19,23)15(22)12-13/h4-5,7-8,15,18,23H,3,6,9-12H2,1-2H3/t15-,18?,19+,20?/m1/s1. The maximum atomic E-state index is 12.3. The van der Waals surface area contributed by atoms with E-state index in [1.54, 1.807) is 12.1 Å². The first-order valence-corrected chi connectivity index (χ1v) is 12.2. The molecule has 1 N–H and O–H groups in total. The predicted octanol–water partition coefficient (Wildman–Crippen LogP) is 0.718. The van der Waals surface area contributed by atoms with Crippen molar-refractivity contribution in [2.24, 2.45) is 0 Å². The molecule has 3 heterocycles. The number of benzene rings is 1. The van der Waals surface area contributed by atoms with Crippen LogP contribution >= 0.6 is 0 Å². The Morgan fingerprint density at radius 1 is 1.23 bits per heavy atom. The molecule has 30 heavy (non-hydrogen) atoms. The van der Waals surface area contributed by atoms with E-state index < -0.39 is 33.0 Å². The van der Waals surface area contributed by atoms with Gasteiger partial charge in [-0.15, -0.1) is 0 Å². The van der Waals surface area contributed by atoms with Gasteiger partial charge in [0.1, 0.15) is 5.60 Å². The monoisotopic (exact) mass is 435 g/mol. The lowest BCUT2D eigenvalue weighted by Gasteiger charge is -2.57. The van der Waals surface area contributed by atoms with Gasteiger partial charge in [-0.25, -0.2) is 0 Å². The number of rotatable bonds is 2. The molecule has 0 saturated carbocycles. The quantitative estimate of drug-likeness (QED) is 0.537. The third-order valence-corrected chi connectivity index (χ3v) is 7.98. The van der Waals surface area contributed by atoms with Gasteiger partial charge in [-0.1, -0.05) is 6.07 Å². The molecule has 5 aliphatic rings. The van der Waals surface area contributed by atoms with Crippen LogP contribution in [0.2, 0.25) is 0 Å². The lowest BCUT2D eigenvalue weighted by atomic mass is 9.52. The van der Waals surface area contributed by atoms with Crippen LogP contribution in [0.15, 0.2) is 24.3 Å². The molecule has 1 aromatic carbocycles. The summed E-state index contributed by atoms with van der Waals surface area (Å²) in [5, 5.41) is 12.3. The van der Waals surface area contributed by atoms with E-state index in [1.807, 2.05) is 19.2 Å². The molecule has 8 nitrogen and oxygen atoms in total. The maximum Gasteiger partial charge on any atom is 0.306 e. The van der Waals surface area contributed by atoms with Crippen molar-refractivity contribution in [2.45, 2.75) is 48.2 Å².